The molecule has 1 aliphatic heterocycles. The number of aryl methyl sites for hydroxylation is 2. The standard InChI is InChI=1S/C21H30N6O/c1-4-17-6-8-18(9-7-17)10-11-23-21(22-5-2)26-12-13-27(20(28)16-26)19-14-24-25(3)15-19/h6-9,14-15H,4-5,10-13,16H2,1-3H3,(H,22,23). The highest BCUT2D eigenvalue weighted by Gasteiger charge is 2.27. The Morgan fingerprint density at radius 3 is 2.54 bits per heavy atom. The minimum Gasteiger partial charge on any atom is -0.357 e. The molecule has 1 fully saturated rings. The Labute approximate surface area is 167 Å². The summed E-state index contributed by atoms with van der Waals surface area (Å²) in [7, 11) is 1.86. The van der Waals surface area contributed by atoms with Crippen molar-refractivity contribution >= 4 is 17.6 Å². The number of carbonyl (C=O) groups is 1. The van der Waals surface area contributed by atoms with E-state index in [1.54, 1.807) is 15.8 Å². The van der Waals surface area contributed by atoms with Gasteiger partial charge < -0.3 is 15.1 Å². The predicted molar refractivity (Wildman–Crippen MR) is 113 cm³/mol. The zero-order valence-electron chi connectivity index (χ0n) is 17.1. The number of aliphatic imine (C=N–C) groups is 1. The number of hydrogen-bond donors (Lipinski definition) is 1. The smallest absolute Gasteiger partial charge is 0.246 e. The lowest BCUT2D eigenvalue weighted by Gasteiger charge is -2.35. The summed E-state index contributed by atoms with van der Waals surface area (Å²) in [6.45, 7) is 7.40. The van der Waals surface area contributed by atoms with Gasteiger partial charge in [0, 0.05) is 39.4 Å². The van der Waals surface area contributed by atoms with Gasteiger partial charge >= 0.3 is 0 Å². The molecule has 0 bridgehead atoms. The number of aromatic nitrogens is 2. The van der Waals surface area contributed by atoms with E-state index in [1.807, 2.05) is 25.1 Å². The molecule has 7 nitrogen and oxygen atoms in total. The van der Waals surface area contributed by atoms with Crippen LogP contribution in [-0.4, -0.2) is 59.3 Å². The number of rotatable bonds is 6. The Bertz CT molecular complexity index is 811. The van der Waals surface area contributed by atoms with Gasteiger partial charge in [0.1, 0.15) is 6.54 Å². The molecule has 1 N–H and O–H groups in total. The number of amides is 1. The number of benzene rings is 1. The molecule has 2 heterocycles. The van der Waals surface area contributed by atoms with E-state index in [2.05, 4.69) is 41.6 Å². The first-order chi connectivity index (χ1) is 13.6. The van der Waals surface area contributed by atoms with Crippen LogP contribution in [0.1, 0.15) is 25.0 Å². The average molecular weight is 383 g/mol. The van der Waals surface area contributed by atoms with Gasteiger partial charge in [-0.15, -0.1) is 0 Å². The van der Waals surface area contributed by atoms with Gasteiger partial charge in [-0.25, -0.2) is 0 Å². The van der Waals surface area contributed by atoms with Crippen molar-refractivity contribution in [2.24, 2.45) is 12.0 Å². The van der Waals surface area contributed by atoms with Gasteiger partial charge in [-0.2, -0.15) is 5.10 Å². The van der Waals surface area contributed by atoms with Gasteiger partial charge in [0.05, 0.1) is 11.9 Å². The molecule has 2 aromatic rings. The molecule has 1 aliphatic rings. The highest BCUT2D eigenvalue weighted by atomic mass is 16.2. The van der Waals surface area contributed by atoms with Crippen molar-refractivity contribution in [3.63, 3.8) is 0 Å². The topological polar surface area (TPSA) is 65.8 Å². The van der Waals surface area contributed by atoms with Crippen LogP contribution < -0.4 is 10.2 Å². The highest BCUT2D eigenvalue weighted by Crippen LogP contribution is 2.16. The highest BCUT2D eigenvalue weighted by molar-refractivity contribution is 5.98. The van der Waals surface area contributed by atoms with Crippen molar-refractivity contribution in [1.29, 1.82) is 0 Å². The number of carbonyl (C=O) groups excluding carboxylic acids is 1. The Hall–Kier alpha value is -2.83. The molecule has 1 amide bonds. The number of anilines is 1. The first-order valence-electron chi connectivity index (χ1n) is 10.0. The second-order valence-corrected chi connectivity index (χ2v) is 6.99. The second-order valence-electron chi connectivity index (χ2n) is 6.99. The summed E-state index contributed by atoms with van der Waals surface area (Å²) in [6.07, 6.45) is 5.55. The fraction of sp³-hybridized carbons (Fsp3) is 0.476. The van der Waals surface area contributed by atoms with E-state index in [0.717, 1.165) is 37.6 Å². The van der Waals surface area contributed by atoms with Crippen LogP contribution in [0.5, 0.6) is 0 Å². The average Bonchev–Trinajstić information content (AvgIpc) is 3.13. The van der Waals surface area contributed by atoms with Crippen LogP contribution in [0.15, 0.2) is 41.7 Å². The van der Waals surface area contributed by atoms with Crippen molar-refractivity contribution in [3.05, 3.63) is 47.8 Å². The Kier molecular flexibility index (Phi) is 6.68. The Balaban J connectivity index is 1.60. The second kappa shape index (κ2) is 9.39. The third-order valence-electron chi connectivity index (χ3n) is 4.95. The maximum absolute atomic E-state index is 12.6. The molecular weight excluding hydrogens is 352 g/mol. The van der Waals surface area contributed by atoms with Crippen LogP contribution in [-0.2, 0) is 24.7 Å². The van der Waals surface area contributed by atoms with Crippen LogP contribution in [0.25, 0.3) is 0 Å². The predicted octanol–water partition coefficient (Wildman–Crippen LogP) is 1.84. The molecule has 28 heavy (non-hydrogen) atoms. The summed E-state index contributed by atoms with van der Waals surface area (Å²) in [4.78, 5) is 21.2. The number of piperazine rings is 1. The van der Waals surface area contributed by atoms with E-state index < -0.39 is 0 Å². The van der Waals surface area contributed by atoms with Crippen molar-refractivity contribution in [2.45, 2.75) is 26.7 Å². The van der Waals surface area contributed by atoms with Gasteiger partial charge in [0.15, 0.2) is 5.96 Å². The molecule has 0 atom stereocenters. The minimum atomic E-state index is 0.0695. The summed E-state index contributed by atoms with van der Waals surface area (Å²) in [5.41, 5.74) is 3.49. The van der Waals surface area contributed by atoms with Crippen molar-refractivity contribution in [3.8, 4) is 0 Å². The summed E-state index contributed by atoms with van der Waals surface area (Å²) in [6, 6.07) is 8.72. The summed E-state index contributed by atoms with van der Waals surface area (Å²) in [5, 5.41) is 7.49. The van der Waals surface area contributed by atoms with Crippen LogP contribution in [0, 0.1) is 0 Å². The van der Waals surface area contributed by atoms with Crippen LogP contribution in [0.2, 0.25) is 0 Å². The third kappa shape index (κ3) is 4.91. The number of nitrogens with one attached hydrogen (secondary N) is 1. The van der Waals surface area contributed by atoms with Gasteiger partial charge in [-0.3, -0.25) is 14.5 Å². The molecule has 1 aromatic heterocycles. The summed E-state index contributed by atoms with van der Waals surface area (Å²) in [5.74, 6) is 0.881. The largest absolute Gasteiger partial charge is 0.357 e. The SMILES string of the molecule is CCNC(=NCCc1ccc(CC)cc1)N1CCN(c2cnn(C)c2)C(=O)C1. The van der Waals surface area contributed by atoms with Gasteiger partial charge in [-0.05, 0) is 30.9 Å². The number of nitrogens with zero attached hydrogens (tertiary/aromatic N) is 5. The normalized spacial score (nSPS) is 15.2. The number of hydrogen-bond acceptors (Lipinski definition) is 3. The molecular formula is C21H30N6O. The lowest BCUT2D eigenvalue weighted by Crippen LogP contribution is -2.55. The molecule has 3 rings (SSSR count). The van der Waals surface area contributed by atoms with E-state index >= 15 is 0 Å². The maximum Gasteiger partial charge on any atom is 0.246 e. The summed E-state index contributed by atoms with van der Waals surface area (Å²) >= 11 is 0. The van der Waals surface area contributed by atoms with E-state index in [0.29, 0.717) is 19.6 Å². The minimum absolute atomic E-state index is 0.0695. The van der Waals surface area contributed by atoms with Crippen LogP contribution >= 0.6 is 0 Å². The maximum atomic E-state index is 12.6. The molecule has 0 unspecified atom stereocenters. The first-order valence-corrected chi connectivity index (χ1v) is 10.0. The van der Waals surface area contributed by atoms with E-state index in [9.17, 15) is 4.79 Å². The lowest BCUT2D eigenvalue weighted by molar-refractivity contribution is -0.120. The van der Waals surface area contributed by atoms with Gasteiger partial charge in [0.25, 0.3) is 0 Å². The first kappa shape index (κ1) is 19.9. The monoisotopic (exact) mass is 382 g/mol. The van der Waals surface area contributed by atoms with Crippen LogP contribution in [0.4, 0.5) is 5.69 Å². The molecule has 7 heteroatoms. The quantitative estimate of drug-likeness (QED) is 0.612. The molecule has 150 valence electrons. The van der Waals surface area contributed by atoms with Crippen molar-refractivity contribution < 1.29 is 4.79 Å². The summed E-state index contributed by atoms with van der Waals surface area (Å²) < 4.78 is 1.72. The lowest BCUT2D eigenvalue weighted by atomic mass is 10.1. The third-order valence-corrected chi connectivity index (χ3v) is 4.95. The Morgan fingerprint density at radius 2 is 1.93 bits per heavy atom. The molecule has 0 saturated carbocycles. The fourth-order valence-electron chi connectivity index (χ4n) is 3.33. The fourth-order valence-corrected chi connectivity index (χ4v) is 3.33. The molecule has 0 spiro atoms. The molecule has 0 aliphatic carbocycles. The van der Waals surface area contributed by atoms with Gasteiger partial charge in [-0.1, -0.05) is 31.2 Å². The Morgan fingerprint density at radius 1 is 1.18 bits per heavy atom. The zero-order valence-corrected chi connectivity index (χ0v) is 17.1. The zero-order chi connectivity index (χ0) is 19.9. The van der Waals surface area contributed by atoms with E-state index in [-0.39, 0.29) is 5.91 Å². The van der Waals surface area contributed by atoms with Crippen molar-refractivity contribution in [1.82, 2.24) is 20.0 Å². The molecule has 1 saturated heterocycles. The van der Waals surface area contributed by atoms with Gasteiger partial charge in [0.2, 0.25) is 5.91 Å². The number of guanidine groups is 1. The van der Waals surface area contributed by atoms with E-state index in [1.165, 1.54) is 11.1 Å². The van der Waals surface area contributed by atoms with Crippen LogP contribution in [0.3, 0.4) is 0 Å². The van der Waals surface area contributed by atoms with E-state index in [4.69, 9.17) is 4.99 Å². The molecule has 1 aromatic carbocycles. The molecule has 0 radical (unpaired) electrons. The van der Waals surface area contributed by atoms with Crippen molar-refractivity contribution in [2.75, 3.05) is 37.6 Å².